The molecule has 5 N–H and O–H groups in total. The van der Waals surface area contributed by atoms with Crippen molar-refractivity contribution < 1.29 is 9.53 Å². The number of guanidine groups is 1. The number of rotatable bonds is 9. The summed E-state index contributed by atoms with van der Waals surface area (Å²) >= 11 is 6.01. The van der Waals surface area contributed by atoms with Gasteiger partial charge in [0.1, 0.15) is 6.61 Å². The maximum Gasteiger partial charge on any atom is 0.323 e. The van der Waals surface area contributed by atoms with E-state index in [4.69, 9.17) is 27.5 Å². The Morgan fingerprint density at radius 2 is 1.59 bits per heavy atom. The predicted octanol–water partition coefficient (Wildman–Crippen LogP) is 4.11. The van der Waals surface area contributed by atoms with E-state index in [9.17, 15) is 4.79 Å². The van der Waals surface area contributed by atoms with E-state index in [1.54, 1.807) is 28.0 Å². The van der Waals surface area contributed by atoms with Gasteiger partial charge >= 0.3 is 6.01 Å². The minimum atomic E-state index is -0.0929. The highest BCUT2D eigenvalue weighted by molar-refractivity contribution is 6.30. The molecule has 0 spiro atoms. The summed E-state index contributed by atoms with van der Waals surface area (Å²) in [6, 6.07) is 24.6. The topological polar surface area (TPSA) is 145 Å². The van der Waals surface area contributed by atoms with Gasteiger partial charge in [-0.05, 0) is 41.5 Å². The maximum atomic E-state index is 13.2. The summed E-state index contributed by atoms with van der Waals surface area (Å²) in [4.78, 5) is 30.1. The van der Waals surface area contributed by atoms with E-state index in [0.717, 1.165) is 11.1 Å². The number of ether oxygens (including phenoxy) is 1. The Bertz CT molecular complexity index is 1490. The van der Waals surface area contributed by atoms with Gasteiger partial charge in [0.25, 0.3) is 5.91 Å². The zero-order chi connectivity index (χ0) is 28.6. The van der Waals surface area contributed by atoms with Gasteiger partial charge in [-0.1, -0.05) is 60.1 Å². The van der Waals surface area contributed by atoms with Crippen molar-refractivity contribution in [2.75, 3.05) is 36.8 Å². The fraction of sp³-hybridized carbons (Fsp3) is 0.207. The van der Waals surface area contributed by atoms with Crippen LogP contribution in [0.2, 0.25) is 5.02 Å². The van der Waals surface area contributed by atoms with Crippen LogP contribution in [0.15, 0.2) is 78.9 Å². The Morgan fingerprint density at radius 1 is 0.878 bits per heavy atom. The minimum absolute atomic E-state index is 0.0230. The summed E-state index contributed by atoms with van der Waals surface area (Å²) in [5, 5.41) is 14.7. The third kappa shape index (κ3) is 7.61. The van der Waals surface area contributed by atoms with Gasteiger partial charge in [0, 0.05) is 49.0 Å². The third-order valence-electron chi connectivity index (χ3n) is 6.46. The van der Waals surface area contributed by atoms with Gasteiger partial charge in [-0.15, -0.1) is 0 Å². The number of anilines is 3. The van der Waals surface area contributed by atoms with Crippen LogP contribution in [0.5, 0.6) is 6.01 Å². The van der Waals surface area contributed by atoms with Crippen molar-refractivity contribution in [1.82, 2.24) is 24.8 Å². The van der Waals surface area contributed by atoms with E-state index in [-0.39, 0.29) is 23.8 Å². The average Bonchev–Trinajstić information content (AvgIpc) is 3.00. The normalized spacial score (nSPS) is 13.0. The lowest BCUT2D eigenvalue weighted by atomic mass is 10.1. The Balaban J connectivity index is 1.31. The van der Waals surface area contributed by atoms with Crippen molar-refractivity contribution in [3.63, 3.8) is 0 Å². The number of hydrogen-bond donors (Lipinski definition) is 4. The molecular formula is C29H30ClN9O2. The van der Waals surface area contributed by atoms with E-state index in [1.165, 1.54) is 0 Å². The molecule has 1 fully saturated rings. The molecule has 1 aliphatic rings. The Labute approximate surface area is 242 Å². The van der Waals surface area contributed by atoms with Crippen molar-refractivity contribution in [1.29, 1.82) is 5.41 Å². The molecule has 0 atom stereocenters. The smallest absolute Gasteiger partial charge is 0.323 e. The number of nitrogens with one attached hydrogen (secondary N) is 3. The van der Waals surface area contributed by atoms with Crippen molar-refractivity contribution in [3.05, 3.63) is 101 Å². The number of nitrogens with zero attached hydrogens (tertiary/aromatic N) is 5. The summed E-state index contributed by atoms with van der Waals surface area (Å²) in [6.45, 7) is 2.81. The number of piperazine rings is 1. The number of carbonyl (C=O) groups is 1. The summed E-state index contributed by atoms with van der Waals surface area (Å²) in [5.74, 6) is 0.525. The fourth-order valence-electron chi connectivity index (χ4n) is 4.25. The predicted molar refractivity (Wildman–Crippen MR) is 158 cm³/mol. The van der Waals surface area contributed by atoms with Crippen LogP contribution in [0.25, 0.3) is 0 Å². The van der Waals surface area contributed by atoms with Crippen LogP contribution < -0.4 is 21.1 Å². The second kappa shape index (κ2) is 13.0. The van der Waals surface area contributed by atoms with Gasteiger partial charge in [0.2, 0.25) is 11.9 Å². The number of nitrogens with two attached hydrogens (primary N) is 1. The summed E-state index contributed by atoms with van der Waals surface area (Å²) in [6.07, 6.45) is 0. The van der Waals surface area contributed by atoms with Crippen molar-refractivity contribution in [3.8, 4) is 6.01 Å². The standard InChI is InChI=1S/C29H30ClN9O2/c30-23-11-9-20(10-12-23)18-33-27-35-28(37-29(36-27)41-19-21-5-2-1-3-6-21)34-24-8-4-7-22(17-24)25(40)38-13-15-39(16-14-38)26(31)32/h1-12,17H,13-16,18-19H2,(H3,31,32)(H2,33,34,35,36,37). The molecule has 4 aromatic rings. The molecule has 41 heavy (non-hydrogen) atoms. The van der Waals surface area contributed by atoms with Gasteiger partial charge in [-0.2, -0.15) is 15.0 Å². The van der Waals surface area contributed by atoms with E-state index < -0.39 is 0 Å². The molecule has 1 aliphatic heterocycles. The first-order chi connectivity index (χ1) is 19.9. The van der Waals surface area contributed by atoms with Gasteiger partial charge in [-0.25, -0.2) is 0 Å². The zero-order valence-corrected chi connectivity index (χ0v) is 23.0. The van der Waals surface area contributed by atoms with Gasteiger partial charge < -0.3 is 30.9 Å². The van der Waals surface area contributed by atoms with E-state index >= 15 is 0 Å². The number of amides is 1. The van der Waals surface area contributed by atoms with Gasteiger partial charge in [0.05, 0.1) is 0 Å². The molecule has 1 amide bonds. The Kier molecular flexibility index (Phi) is 8.75. The highest BCUT2D eigenvalue weighted by atomic mass is 35.5. The number of benzene rings is 3. The first-order valence-corrected chi connectivity index (χ1v) is 13.5. The summed E-state index contributed by atoms with van der Waals surface area (Å²) < 4.78 is 5.90. The van der Waals surface area contributed by atoms with Crippen molar-refractivity contribution in [2.45, 2.75) is 13.2 Å². The van der Waals surface area contributed by atoms with Crippen LogP contribution in [-0.4, -0.2) is 62.8 Å². The van der Waals surface area contributed by atoms with Crippen LogP contribution in [0.1, 0.15) is 21.5 Å². The molecule has 0 unspecified atom stereocenters. The quantitative estimate of drug-likeness (QED) is 0.172. The van der Waals surface area contributed by atoms with Crippen LogP contribution in [0.3, 0.4) is 0 Å². The molecule has 0 bridgehead atoms. The highest BCUT2D eigenvalue weighted by Crippen LogP contribution is 2.20. The van der Waals surface area contributed by atoms with Crippen molar-refractivity contribution >= 4 is 41.1 Å². The molecule has 3 aromatic carbocycles. The fourth-order valence-corrected chi connectivity index (χ4v) is 4.38. The lowest BCUT2D eigenvalue weighted by molar-refractivity contribution is 0.0690. The maximum absolute atomic E-state index is 13.2. The molecule has 12 heteroatoms. The SMILES string of the molecule is N=C(N)N1CCN(C(=O)c2cccc(Nc3nc(NCc4ccc(Cl)cc4)nc(OCc4ccccc4)n3)c2)CC1. The van der Waals surface area contributed by atoms with Crippen LogP contribution in [-0.2, 0) is 13.2 Å². The average molecular weight is 572 g/mol. The summed E-state index contributed by atoms with van der Waals surface area (Å²) in [5.41, 5.74) is 8.74. The third-order valence-corrected chi connectivity index (χ3v) is 6.71. The van der Waals surface area contributed by atoms with Gasteiger partial charge in [-0.3, -0.25) is 10.2 Å². The van der Waals surface area contributed by atoms with E-state index in [2.05, 4.69) is 25.6 Å². The molecule has 0 radical (unpaired) electrons. The number of halogens is 1. The van der Waals surface area contributed by atoms with E-state index in [1.807, 2.05) is 60.7 Å². The molecule has 210 valence electrons. The number of carbonyl (C=O) groups excluding carboxylic acids is 1. The highest BCUT2D eigenvalue weighted by Gasteiger charge is 2.23. The molecule has 11 nitrogen and oxygen atoms in total. The van der Waals surface area contributed by atoms with Crippen LogP contribution in [0.4, 0.5) is 17.6 Å². The number of hydrogen-bond acceptors (Lipinski definition) is 8. The molecule has 0 aliphatic carbocycles. The zero-order valence-electron chi connectivity index (χ0n) is 22.3. The molecular weight excluding hydrogens is 542 g/mol. The second-order valence-electron chi connectivity index (χ2n) is 9.39. The molecule has 0 saturated carbocycles. The first-order valence-electron chi connectivity index (χ1n) is 13.1. The molecule has 5 rings (SSSR count). The van der Waals surface area contributed by atoms with Crippen molar-refractivity contribution in [2.24, 2.45) is 5.73 Å². The van der Waals surface area contributed by atoms with Crippen LogP contribution >= 0.6 is 11.6 Å². The van der Waals surface area contributed by atoms with Gasteiger partial charge in [0.15, 0.2) is 5.96 Å². The summed E-state index contributed by atoms with van der Waals surface area (Å²) in [7, 11) is 0. The Hall–Kier alpha value is -4.90. The Morgan fingerprint density at radius 3 is 2.32 bits per heavy atom. The lowest BCUT2D eigenvalue weighted by Gasteiger charge is -2.35. The minimum Gasteiger partial charge on any atom is -0.458 e. The number of aromatic nitrogens is 3. The van der Waals surface area contributed by atoms with Crippen LogP contribution in [0, 0.1) is 5.41 Å². The second-order valence-corrected chi connectivity index (χ2v) is 9.83. The molecule has 1 aromatic heterocycles. The van der Waals surface area contributed by atoms with E-state index in [0.29, 0.717) is 61.6 Å². The molecule has 2 heterocycles. The first kappa shape index (κ1) is 27.7. The molecule has 1 saturated heterocycles. The monoisotopic (exact) mass is 571 g/mol. The largest absolute Gasteiger partial charge is 0.458 e. The lowest BCUT2D eigenvalue weighted by Crippen LogP contribution is -2.52.